The van der Waals surface area contributed by atoms with Gasteiger partial charge in [-0.05, 0) is 37.5 Å². The number of hydrogen-bond donors (Lipinski definition) is 1. The van der Waals surface area contributed by atoms with Gasteiger partial charge in [0.15, 0.2) is 0 Å². The topological polar surface area (TPSA) is 45.2 Å². The molecule has 1 amide bonds. The van der Waals surface area contributed by atoms with E-state index < -0.39 is 0 Å². The number of aromatic nitrogens is 1. The van der Waals surface area contributed by atoms with Crippen molar-refractivity contribution >= 4 is 5.91 Å². The van der Waals surface area contributed by atoms with Crippen molar-refractivity contribution in [3.63, 3.8) is 0 Å². The van der Waals surface area contributed by atoms with E-state index in [0.29, 0.717) is 12.6 Å². The molecule has 0 aromatic carbocycles. The summed E-state index contributed by atoms with van der Waals surface area (Å²) in [5.41, 5.74) is 1.15. The van der Waals surface area contributed by atoms with Crippen molar-refractivity contribution in [2.24, 2.45) is 0 Å². The molecule has 17 heavy (non-hydrogen) atoms. The Bertz CT molecular complexity index is 376. The third-order valence-corrected chi connectivity index (χ3v) is 3.25. The molecular weight excluding hydrogens is 214 g/mol. The third kappa shape index (κ3) is 3.27. The Labute approximate surface area is 102 Å². The first kappa shape index (κ1) is 12.0. The SMILES string of the molecule is C[C@H](NCC(=O)N(C)C1CC1)c1ccncc1. The lowest BCUT2D eigenvalue weighted by Gasteiger charge is -2.19. The molecule has 92 valence electrons. The second-order valence-corrected chi connectivity index (χ2v) is 4.62. The van der Waals surface area contributed by atoms with Crippen LogP contribution in [-0.4, -0.2) is 35.4 Å². The maximum atomic E-state index is 11.8. The molecule has 0 radical (unpaired) electrons. The zero-order valence-corrected chi connectivity index (χ0v) is 10.4. The summed E-state index contributed by atoms with van der Waals surface area (Å²) in [5, 5.41) is 3.24. The molecule has 0 spiro atoms. The highest BCUT2D eigenvalue weighted by Gasteiger charge is 2.29. The van der Waals surface area contributed by atoms with Crippen molar-refractivity contribution in [3.8, 4) is 0 Å². The minimum Gasteiger partial charge on any atom is -0.342 e. The number of likely N-dealkylation sites (N-methyl/N-ethyl adjacent to an activating group) is 1. The summed E-state index contributed by atoms with van der Waals surface area (Å²) in [7, 11) is 1.89. The molecule has 1 aromatic rings. The van der Waals surface area contributed by atoms with Crippen molar-refractivity contribution in [2.45, 2.75) is 31.8 Å². The molecule has 1 aliphatic rings. The summed E-state index contributed by atoms with van der Waals surface area (Å²) in [6, 6.07) is 4.59. The summed E-state index contributed by atoms with van der Waals surface area (Å²) in [5.74, 6) is 0.174. The van der Waals surface area contributed by atoms with Gasteiger partial charge in [0, 0.05) is 31.5 Å². The Hall–Kier alpha value is -1.42. The normalized spacial score (nSPS) is 16.6. The van der Waals surface area contributed by atoms with Gasteiger partial charge in [-0.15, -0.1) is 0 Å². The van der Waals surface area contributed by atoms with E-state index in [1.54, 1.807) is 12.4 Å². The first-order chi connectivity index (χ1) is 8.18. The van der Waals surface area contributed by atoms with E-state index >= 15 is 0 Å². The highest BCUT2D eigenvalue weighted by Crippen LogP contribution is 2.25. The molecule has 1 aliphatic carbocycles. The average Bonchev–Trinajstić information content (AvgIpc) is 3.20. The molecule has 0 bridgehead atoms. The predicted molar refractivity (Wildman–Crippen MR) is 66.4 cm³/mol. The van der Waals surface area contributed by atoms with Gasteiger partial charge in [0.25, 0.3) is 0 Å². The first-order valence-electron chi connectivity index (χ1n) is 6.07. The van der Waals surface area contributed by atoms with Gasteiger partial charge < -0.3 is 10.2 Å². The summed E-state index contributed by atoms with van der Waals surface area (Å²) >= 11 is 0. The van der Waals surface area contributed by atoms with Crippen LogP contribution in [0.15, 0.2) is 24.5 Å². The van der Waals surface area contributed by atoms with Crippen LogP contribution >= 0.6 is 0 Å². The second kappa shape index (κ2) is 5.27. The fourth-order valence-electron chi connectivity index (χ4n) is 1.80. The number of nitrogens with zero attached hydrogens (tertiary/aromatic N) is 2. The molecule has 4 nitrogen and oxygen atoms in total. The molecule has 1 saturated carbocycles. The lowest BCUT2D eigenvalue weighted by Crippen LogP contribution is -2.37. The fourth-order valence-corrected chi connectivity index (χ4v) is 1.80. The molecule has 1 heterocycles. The van der Waals surface area contributed by atoms with Crippen molar-refractivity contribution in [3.05, 3.63) is 30.1 Å². The molecule has 1 aromatic heterocycles. The largest absolute Gasteiger partial charge is 0.342 e. The maximum absolute atomic E-state index is 11.8. The van der Waals surface area contributed by atoms with E-state index in [1.165, 1.54) is 0 Å². The number of carbonyl (C=O) groups excluding carboxylic acids is 1. The Balaban J connectivity index is 1.79. The van der Waals surface area contributed by atoms with Crippen LogP contribution in [0.3, 0.4) is 0 Å². The Morgan fingerprint density at radius 1 is 1.53 bits per heavy atom. The molecule has 1 atom stereocenters. The van der Waals surface area contributed by atoms with Crippen molar-refractivity contribution in [1.29, 1.82) is 0 Å². The van der Waals surface area contributed by atoms with Crippen molar-refractivity contribution in [2.75, 3.05) is 13.6 Å². The lowest BCUT2D eigenvalue weighted by atomic mass is 10.1. The second-order valence-electron chi connectivity index (χ2n) is 4.62. The minimum absolute atomic E-state index is 0.174. The van der Waals surface area contributed by atoms with Crippen LogP contribution in [0.1, 0.15) is 31.4 Å². The van der Waals surface area contributed by atoms with Gasteiger partial charge in [-0.3, -0.25) is 9.78 Å². The summed E-state index contributed by atoms with van der Waals surface area (Å²) < 4.78 is 0. The van der Waals surface area contributed by atoms with Gasteiger partial charge >= 0.3 is 0 Å². The molecule has 1 N–H and O–H groups in total. The zero-order valence-electron chi connectivity index (χ0n) is 10.4. The monoisotopic (exact) mass is 233 g/mol. The number of pyridine rings is 1. The number of hydrogen-bond acceptors (Lipinski definition) is 3. The Morgan fingerprint density at radius 2 is 2.18 bits per heavy atom. The first-order valence-corrected chi connectivity index (χ1v) is 6.07. The number of rotatable bonds is 5. The number of nitrogens with one attached hydrogen (secondary N) is 1. The molecule has 0 aliphatic heterocycles. The van der Waals surface area contributed by atoms with Crippen molar-refractivity contribution < 1.29 is 4.79 Å². The van der Waals surface area contributed by atoms with Gasteiger partial charge in [0.05, 0.1) is 6.54 Å². The van der Waals surface area contributed by atoms with Gasteiger partial charge in [-0.2, -0.15) is 0 Å². The minimum atomic E-state index is 0.174. The van der Waals surface area contributed by atoms with Crippen LogP contribution in [0.4, 0.5) is 0 Å². The van der Waals surface area contributed by atoms with E-state index in [4.69, 9.17) is 0 Å². The van der Waals surface area contributed by atoms with Crippen LogP contribution in [0, 0.1) is 0 Å². The van der Waals surface area contributed by atoms with Crippen LogP contribution < -0.4 is 5.32 Å². The van der Waals surface area contributed by atoms with Crippen LogP contribution in [0.5, 0.6) is 0 Å². The van der Waals surface area contributed by atoms with E-state index in [-0.39, 0.29) is 11.9 Å². The highest BCUT2D eigenvalue weighted by atomic mass is 16.2. The molecule has 1 fully saturated rings. The fraction of sp³-hybridized carbons (Fsp3) is 0.538. The van der Waals surface area contributed by atoms with E-state index in [0.717, 1.165) is 18.4 Å². The van der Waals surface area contributed by atoms with Crippen LogP contribution in [-0.2, 0) is 4.79 Å². The van der Waals surface area contributed by atoms with Crippen molar-refractivity contribution in [1.82, 2.24) is 15.2 Å². The van der Waals surface area contributed by atoms with E-state index in [9.17, 15) is 4.79 Å². The van der Waals surface area contributed by atoms with Gasteiger partial charge in [-0.1, -0.05) is 0 Å². The van der Waals surface area contributed by atoms with E-state index in [1.807, 2.05) is 24.1 Å². The summed E-state index contributed by atoms with van der Waals surface area (Å²) in [6.07, 6.45) is 5.85. The van der Waals surface area contributed by atoms with Crippen LogP contribution in [0.25, 0.3) is 0 Å². The maximum Gasteiger partial charge on any atom is 0.236 e. The summed E-state index contributed by atoms with van der Waals surface area (Å²) in [6.45, 7) is 2.45. The molecular formula is C13H19N3O. The zero-order chi connectivity index (χ0) is 12.3. The lowest BCUT2D eigenvalue weighted by molar-refractivity contribution is -0.129. The summed E-state index contributed by atoms with van der Waals surface area (Å²) in [4.78, 5) is 17.6. The molecule has 4 heteroatoms. The molecule has 0 unspecified atom stereocenters. The number of amides is 1. The molecule has 2 rings (SSSR count). The quantitative estimate of drug-likeness (QED) is 0.835. The van der Waals surface area contributed by atoms with Gasteiger partial charge in [0.2, 0.25) is 5.91 Å². The number of carbonyl (C=O) groups is 1. The smallest absolute Gasteiger partial charge is 0.236 e. The predicted octanol–water partition coefficient (Wildman–Crippen LogP) is 1.35. The Morgan fingerprint density at radius 3 is 2.76 bits per heavy atom. The standard InChI is InChI=1S/C13H19N3O/c1-10(11-5-7-14-8-6-11)15-9-13(17)16(2)12-3-4-12/h5-8,10,12,15H,3-4,9H2,1-2H3/t10-/m0/s1. The third-order valence-electron chi connectivity index (χ3n) is 3.25. The highest BCUT2D eigenvalue weighted by molar-refractivity contribution is 5.78. The Kier molecular flexibility index (Phi) is 3.74. The van der Waals surface area contributed by atoms with E-state index in [2.05, 4.69) is 17.2 Å². The van der Waals surface area contributed by atoms with Gasteiger partial charge in [-0.25, -0.2) is 0 Å². The molecule has 0 saturated heterocycles. The van der Waals surface area contributed by atoms with Crippen LogP contribution in [0.2, 0.25) is 0 Å². The van der Waals surface area contributed by atoms with Gasteiger partial charge in [0.1, 0.15) is 0 Å². The average molecular weight is 233 g/mol.